The molecule has 2 aromatic rings. The van der Waals surface area contributed by atoms with Crippen LogP contribution in [0.2, 0.25) is 0 Å². The third-order valence-electron chi connectivity index (χ3n) is 2.94. The van der Waals surface area contributed by atoms with Crippen molar-refractivity contribution in [2.45, 2.75) is 13.8 Å². The Bertz CT molecular complexity index is 734. The number of rotatable bonds is 8. The molecule has 1 aromatic heterocycles. The first-order valence-corrected chi connectivity index (χ1v) is 9.87. The van der Waals surface area contributed by atoms with Gasteiger partial charge in [0.2, 0.25) is 5.88 Å². The van der Waals surface area contributed by atoms with Crippen LogP contribution in [0, 0.1) is 0 Å². The number of para-hydroxylation sites is 1. The van der Waals surface area contributed by atoms with Crippen molar-refractivity contribution in [2.24, 2.45) is 0 Å². The summed E-state index contributed by atoms with van der Waals surface area (Å²) in [4.78, 5) is 0. The molecule has 2 rings (SSSR count). The van der Waals surface area contributed by atoms with Gasteiger partial charge in [0.05, 0.1) is 32.1 Å². The number of phenolic OH excluding ortho intramolecular Hbond substituents is 1. The molecule has 1 heterocycles. The van der Waals surface area contributed by atoms with E-state index in [1.807, 2.05) is 0 Å². The van der Waals surface area contributed by atoms with Crippen LogP contribution in [0.5, 0.6) is 17.4 Å². The summed E-state index contributed by atoms with van der Waals surface area (Å²) in [5, 5.41) is 18.0. The molecule has 130 valence electrons. The highest BCUT2D eigenvalue weighted by atomic mass is 32.5. The lowest BCUT2D eigenvalue weighted by molar-refractivity contribution is 0.216. The molecule has 1 N–H and O–H groups in total. The van der Waals surface area contributed by atoms with Crippen molar-refractivity contribution in [1.82, 2.24) is 10.2 Å². The normalized spacial score (nSPS) is 11.3. The zero-order chi connectivity index (χ0) is 17.6. The van der Waals surface area contributed by atoms with Gasteiger partial charge in [-0.1, -0.05) is 12.1 Å². The Kier molecular flexibility index (Phi) is 6.51. The van der Waals surface area contributed by atoms with E-state index in [-0.39, 0.29) is 11.5 Å². The van der Waals surface area contributed by atoms with Gasteiger partial charge in [-0.15, -0.1) is 5.10 Å². The van der Waals surface area contributed by atoms with E-state index in [1.54, 1.807) is 32.0 Å². The maximum atomic E-state index is 10.3. The highest BCUT2D eigenvalue weighted by Crippen LogP contribution is 2.54. The number of ether oxygens (including phenoxy) is 1. The number of hydrogen-bond donors (Lipinski definition) is 1. The zero-order valence-electron chi connectivity index (χ0n) is 13.6. The number of benzene rings is 1. The topological polar surface area (TPSA) is 82.9 Å². The number of aromatic nitrogens is 2. The second-order valence-corrected chi connectivity index (χ2v) is 7.42. The van der Waals surface area contributed by atoms with Gasteiger partial charge in [0.1, 0.15) is 0 Å². The van der Waals surface area contributed by atoms with Crippen LogP contribution in [0.15, 0.2) is 30.5 Å². The SMILES string of the molecule is CCOP(=S)(OCC)Oc1c(O)cccc1-c1ccnnc1OC. The zero-order valence-corrected chi connectivity index (χ0v) is 15.3. The minimum atomic E-state index is -3.04. The van der Waals surface area contributed by atoms with E-state index in [0.29, 0.717) is 30.2 Å². The van der Waals surface area contributed by atoms with Gasteiger partial charge in [0, 0.05) is 17.4 Å². The molecule has 7 nitrogen and oxygen atoms in total. The van der Waals surface area contributed by atoms with Crippen LogP contribution in [-0.2, 0) is 20.9 Å². The van der Waals surface area contributed by atoms with E-state index >= 15 is 0 Å². The van der Waals surface area contributed by atoms with Gasteiger partial charge in [-0.25, -0.2) is 0 Å². The second-order valence-electron chi connectivity index (χ2n) is 4.48. The number of phenols is 1. The summed E-state index contributed by atoms with van der Waals surface area (Å²) < 4.78 is 22.0. The minimum absolute atomic E-state index is 0.0833. The van der Waals surface area contributed by atoms with Crippen LogP contribution < -0.4 is 9.26 Å². The minimum Gasteiger partial charge on any atom is -0.504 e. The number of methoxy groups -OCH3 is 1. The summed E-state index contributed by atoms with van der Waals surface area (Å²) >= 11 is 5.39. The molecular formula is C15H19N2O5PS. The van der Waals surface area contributed by atoms with Crippen molar-refractivity contribution >= 4 is 18.5 Å². The van der Waals surface area contributed by atoms with Crippen molar-refractivity contribution in [1.29, 1.82) is 0 Å². The predicted octanol–water partition coefficient (Wildman–Crippen LogP) is 3.53. The molecule has 0 atom stereocenters. The van der Waals surface area contributed by atoms with Crippen molar-refractivity contribution in [3.05, 3.63) is 30.5 Å². The van der Waals surface area contributed by atoms with E-state index in [4.69, 9.17) is 30.1 Å². The Balaban J connectivity index is 2.53. The molecule has 0 aliphatic rings. The molecule has 0 bridgehead atoms. The standard InChI is InChI=1S/C15H19N2O5PS/c1-4-20-23(24,21-5-2)22-14-11(7-6-8-13(14)18)12-9-10-16-17-15(12)19-3/h6-10,18H,4-5H2,1-3H3. The third-order valence-corrected chi connectivity index (χ3v) is 5.35. The van der Waals surface area contributed by atoms with Gasteiger partial charge in [0.15, 0.2) is 11.5 Å². The van der Waals surface area contributed by atoms with Crippen molar-refractivity contribution in [2.75, 3.05) is 20.3 Å². The van der Waals surface area contributed by atoms with Crippen LogP contribution >= 0.6 is 6.72 Å². The fourth-order valence-corrected chi connectivity index (χ4v) is 4.11. The third kappa shape index (κ3) is 4.21. The second kappa shape index (κ2) is 8.39. The quantitative estimate of drug-likeness (QED) is 0.707. The van der Waals surface area contributed by atoms with Gasteiger partial charge in [-0.05, 0) is 26.0 Å². The highest BCUT2D eigenvalue weighted by molar-refractivity contribution is 8.07. The van der Waals surface area contributed by atoms with Crippen molar-refractivity contribution < 1.29 is 23.4 Å². The molecule has 9 heteroatoms. The summed E-state index contributed by atoms with van der Waals surface area (Å²) in [7, 11) is 1.49. The van der Waals surface area contributed by atoms with Gasteiger partial charge >= 0.3 is 6.72 Å². The van der Waals surface area contributed by atoms with Gasteiger partial charge in [-0.2, -0.15) is 5.10 Å². The lowest BCUT2D eigenvalue weighted by Gasteiger charge is -2.23. The average Bonchev–Trinajstić information content (AvgIpc) is 2.57. The number of nitrogens with zero attached hydrogens (tertiary/aromatic N) is 2. The predicted molar refractivity (Wildman–Crippen MR) is 93.8 cm³/mol. The molecule has 0 spiro atoms. The van der Waals surface area contributed by atoms with Gasteiger partial charge in [0.25, 0.3) is 0 Å². The van der Waals surface area contributed by atoms with E-state index in [2.05, 4.69) is 10.2 Å². The van der Waals surface area contributed by atoms with E-state index in [1.165, 1.54) is 19.4 Å². The monoisotopic (exact) mass is 370 g/mol. The Morgan fingerprint density at radius 2 is 1.83 bits per heavy atom. The molecular weight excluding hydrogens is 351 g/mol. The summed E-state index contributed by atoms with van der Waals surface area (Å²) in [6.07, 6.45) is 1.52. The maximum absolute atomic E-state index is 10.3. The summed E-state index contributed by atoms with van der Waals surface area (Å²) in [5.41, 5.74) is 1.16. The average molecular weight is 370 g/mol. The Labute approximate surface area is 145 Å². The van der Waals surface area contributed by atoms with Crippen LogP contribution in [-0.4, -0.2) is 35.6 Å². The van der Waals surface area contributed by atoms with Gasteiger partial charge < -0.3 is 14.4 Å². The van der Waals surface area contributed by atoms with E-state index in [9.17, 15) is 5.11 Å². The summed E-state index contributed by atoms with van der Waals surface area (Å²) in [5.74, 6) is 0.378. The van der Waals surface area contributed by atoms with Crippen LogP contribution in [0.3, 0.4) is 0 Å². The molecule has 0 fully saturated rings. The molecule has 0 aliphatic heterocycles. The molecule has 0 saturated heterocycles. The molecule has 0 amide bonds. The van der Waals surface area contributed by atoms with Crippen molar-refractivity contribution in [3.63, 3.8) is 0 Å². The molecule has 0 radical (unpaired) electrons. The van der Waals surface area contributed by atoms with E-state index < -0.39 is 6.72 Å². The van der Waals surface area contributed by atoms with Crippen LogP contribution in [0.1, 0.15) is 13.8 Å². The summed E-state index contributed by atoms with van der Waals surface area (Å²) in [6, 6.07) is 6.64. The first-order valence-electron chi connectivity index (χ1n) is 7.31. The maximum Gasteiger partial charge on any atom is 0.380 e. The lowest BCUT2D eigenvalue weighted by Crippen LogP contribution is -2.03. The van der Waals surface area contributed by atoms with E-state index in [0.717, 1.165) is 0 Å². The Hall–Kier alpha value is -1.73. The lowest BCUT2D eigenvalue weighted by atomic mass is 10.1. The molecule has 24 heavy (non-hydrogen) atoms. The Morgan fingerprint density at radius 3 is 2.46 bits per heavy atom. The fourth-order valence-electron chi connectivity index (χ4n) is 2.03. The largest absolute Gasteiger partial charge is 0.504 e. The fraction of sp³-hybridized carbons (Fsp3) is 0.333. The Morgan fingerprint density at radius 1 is 1.12 bits per heavy atom. The molecule has 0 saturated carbocycles. The molecule has 1 aromatic carbocycles. The smallest absolute Gasteiger partial charge is 0.380 e. The molecule has 0 aliphatic carbocycles. The first-order chi connectivity index (χ1) is 11.5. The first kappa shape index (κ1) is 18.6. The molecule has 0 unspecified atom stereocenters. The van der Waals surface area contributed by atoms with Crippen molar-refractivity contribution in [3.8, 4) is 28.5 Å². The number of hydrogen-bond acceptors (Lipinski definition) is 8. The van der Waals surface area contributed by atoms with Gasteiger partial charge in [-0.3, -0.25) is 9.05 Å². The van der Waals surface area contributed by atoms with Crippen LogP contribution in [0.4, 0.5) is 0 Å². The van der Waals surface area contributed by atoms with Crippen LogP contribution in [0.25, 0.3) is 11.1 Å². The highest BCUT2D eigenvalue weighted by Gasteiger charge is 2.26. The summed E-state index contributed by atoms with van der Waals surface area (Å²) in [6.45, 7) is 1.22. The number of aromatic hydroxyl groups is 1.